The molecule has 10 heteroatoms. The third kappa shape index (κ3) is 3.30. The summed E-state index contributed by atoms with van der Waals surface area (Å²) >= 11 is 5.69. The summed E-state index contributed by atoms with van der Waals surface area (Å²) in [5.74, 6) is -0.844. The SMILES string of the molecule is CS(=O)(=O)c1c(Cl)ccc(C(=O)c2cnoc2C2CC2)c1C(F)(F)F. The van der Waals surface area contributed by atoms with Crippen LogP contribution in [0.5, 0.6) is 0 Å². The van der Waals surface area contributed by atoms with E-state index in [4.69, 9.17) is 16.1 Å². The molecule has 5 nitrogen and oxygen atoms in total. The van der Waals surface area contributed by atoms with Crippen LogP contribution < -0.4 is 0 Å². The van der Waals surface area contributed by atoms with E-state index in [-0.39, 0.29) is 17.2 Å². The molecule has 1 heterocycles. The van der Waals surface area contributed by atoms with Gasteiger partial charge in [0, 0.05) is 17.7 Å². The fraction of sp³-hybridized carbons (Fsp3) is 0.333. The lowest BCUT2D eigenvalue weighted by Gasteiger charge is -2.17. The van der Waals surface area contributed by atoms with Gasteiger partial charge in [0.1, 0.15) is 0 Å². The second-order valence-electron chi connectivity index (χ2n) is 5.78. The quantitative estimate of drug-likeness (QED) is 0.737. The Balaban J connectivity index is 2.26. The molecule has 1 aromatic heterocycles. The summed E-state index contributed by atoms with van der Waals surface area (Å²) in [6, 6.07) is 1.83. The van der Waals surface area contributed by atoms with Gasteiger partial charge >= 0.3 is 6.18 Å². The number of sulfone groups is 1. The first-order chi connectivity index (χ1) is 11.5. The summed E-state index contributed by atoms with van der Waals surface area (Å²) in [7, 11) is -4.33. The average molecular weight is 394 g/mol. The fourth-order valence-corrected chi connectivity index (χ4v) is 4.19. The van der Waals surface area contributed by atoms with E-state index < -0.39 is 42.8 Å². The first-order valence-electron chi connectivity index (χ1n) is 7.11. The van der Waals surface area contributed by atoms with Crippen LogP contribution in [0.3, 0.4) is 0 Å². The van der Waals surface area contributed by atoms with Gasteiger partial charge in [-0.3, -0.25) is 4.79 Å². The molecule has 2 aromatic rings. The maximum absolute atomic E-state index is 13.6. The van der Waals surface area contributed by atoms with Crippen molar-refractivity contribution in [2.24, 2.45) is 0 Å². The van der Waals surface area contributed by atoms with Crippen LogP contribution in [0.1, 0.15) is 46.0 Å². The monoisotopic (exact) mass is 393 g/mol. The zero-order chi connectivity index (χ0) is 18.6. The van der Waals surface area contributed by atoms with Gasteiger partial charge in [0.25, 0.3) is 0 Å². The third-order valence-corrected chi connectivity index (χ3v) is 5.39. The molecule has 0 bridgehead atoms. The minimum atomic E-state index is -5.09. The van der Waals surface area contributed by atoms with Gasteiger partial charge in [-0.1, -0.05) is 16.8 Å². The van der Waals surface area contributed by atoms with E-state index in [0.29, 0.717) is 6.26 Å². The highest BCUT2D eigenvalue weighted by atomic mass is 35.5. The number of benzene rings is 1. The van der Waals surface area contributed by atoms with Gasteiger partial charge in [0.2, 0.25) is 0 Å². The number of hydrogen-bond donors (Lipinski definition) is 0. The van der Waals surface area contributed by atoms with Crippen molar-refractivity contribution in [1.82, 2.24) is 5.16 Å². The number of ketones is 1. The topological polar surface area (TPSA) is 77.2 Å². The van der Waals surface area contributed by atoms with Crippen LogP contribution in [0, 0.1) is 0 Å². The van der Waals surface area contributed by atoms with Crippen LogP contribution in [0.25, 0.3) is 0 Å². The Morgan fingerprint density at radius 2 is 1.92 bits per heavy atom. The van der Waals surface area contributed by atoms with Crippen molar-refractivity contribution in [2.75, 3.05) is 6.26 Å². The summed E-state index contributed by atoms with van der Waals surface area (Å²) in [6.45, 7) is 0. The normalized spacial score (nSPS) is 15.4. The lowest BCUT2D eigenvalue weighted by atomic mass is 9.97. The van der Waals surface area contributed by atoms with Crippen molar-refractivity contribution in [3.05, 3.63) is 45.8 Å². The van der Waals surface area contributed by atoms with E-state index in [9.17, 15) is 26.4 Å². The number of rotatable bonds is 4. The second kappa shape index (κ2) is 5.84. The molecule has 0 radical (unpaired) electrons. The van der Waals surface area contributed by atoms with Crippen LogP contribution in [0.15, 0.2) is 27.7 Å². The van der Waals surface area contributed by atoms with Crippen LogP contribution in [-0.4, -0.2) is 25.6 Å². The standard InChI is InChI=1S/C15H11ClF3NO4S/c1-25(22,23)14-10(16)5-4-8(11(14)15(17,18)19)12(21)9-6-20-24-13(9)7-2-3-7/h4-7H,2-3H2,1H3. The van der Waals surface area contributed by atoms with Gasteiger partial charge in [-0.2, -0.15) is 13.2 Å². The average Bonchev–Trinajstić information content (AvgIpc) is 3.21. The molecule has 0 aliphatic heterocycles. The molecule has 1 saturated carbocycles. The molecule has 1 fully saturated rings. The Morgan fingerprint density at radius 1 is 1.28 bits per heavy atom. The van der Waals surface area contributed by atoms with Gasteiger partial charge in [-0.25, -0.2) is 8.42 Å². The van der Waals surface area contributed by atoms with Crippen molar-refractivity contribution >= 4 is 27.2 Å². The number of hydrogen-bond acceptors (Lipinski definition) is 5. The van der Waals surface area contributed by atoms with Crippen LogP contribution in [0.4, 0.5) is 13.2 Å². The highest BCUT2D eigenvalue weighted by molar-refractivity contribution is 7.90. The van der Waals surface area contributed by atoms with E-state index >= 15 is 0 Å². The molecule has 0 unspecified atom stereocenters. The van der Waals surface area contributed by atoms with Crippen molar-refractivity contribution in [3.8, 4) is 0 Å². The Labute approximate surface area is 145 Å². The molecule has 0 atom stereocenters. The summed E-state index contributed by atoms with van der Waals surface area (Å²) in [4.78, 5) is 11.6. The highest BCUT2D eigenvalue weighted by Gasteiger charge is 2.43. The van der Waals surface area contributed by atoms with Crippen LogP contribution in [-0.2, 0) is 16.0 Å². The smallest absolute Gasteiger partial charge is 0.360 e. The highest BCUT2D eigenvalue weighted by Crippen LogP contribution is 2.44. The van der Waals surface area contributed by atoms with Crippen molar-refractivity contribution in [1.29, 1.82) is 0 Å². The minimum Gasteiger partial charge on any atom is -0.360 e. The molecule has 25 heavy (non-hydrogen) atoms. The number of carbonyl (C=O) groups excluding carboxylic acids is 1. The zero-order valence-corrected chi connectivity index (χ0v) is 14.3. The lowest BCUT2D eigenvalue weighted by Crippen LogP contribution is -2.19. The Hall–Kier alpha value is -1.87. The first-order valence-corrected chi connectivity index (χ1v) is 9.37. The van der Waals surface area contributed by atoms with Crippen LogP contribution >= 0.6 is 11.6 Å². The van der Waals surface area contributed by atoms with E-state index in [1.165, 1.54) is 0 Å². The predicted molar refractivity (Wildman–Crippen MR) is 81.5 cm³/mol. The molecule has 0 N–H and O–H groups in total. The first kappa shape index (κ1) is 17.9. The maximum atomic E-state index is 13.6. The van der Waals surface area contributed by atoms with Gasteiger partial charge in [0.05, 0.1) is 27.2 Å². The molecule has 1 aromatic carbocycles. The molecule has 1 aliphatic rings. The van der Waals surface area contributed by atoms with Crippen molar-refractivity contribution in [3.63, 3.8) is 0 Å². The Kier molecular flexibility index (Phi) is 4.19. The Morgan fingerprint density at radius 3 is 2.44 bits per heavy atom. The number of alkyl halides is 3. The minimum absolute atomic E-state index is 0.0579. The number of nitrogens with zero attached hydrogens (tertiary/aromatic N) is 1. The van der Waals surface area contributed by atoms with Gasteiger partial charge in [0.15, 0.2) is 21.4 Å². The fourth-order valence-electron chi connectivity index (χ4n) is 2.59. The zero-order valence-electron chi connectivity index (χ0n) is 12.7. The Bertz CT molecular complexity index is 962. The maximum Gasteiger partial charge on any atom is 0.418 e. The molecule has 0 saturated heterocycles. The van der Waals surface area contributed by atoms with Crippen molar-refractivity contribution < 1.29 is 30.9 Å². The molecular weight excluding hydrogens is 383 g/mol. The second-order valence-corrected chi connectivity index (χ2v) is 8.14. The lowest BCUT2D eigenvalue weighted by molar-refractivity contribution is -0.140. The summed E-state index contributed by atoms with van der Waals surface area (Å²) in [5.41, 5.74) is -2.48. The molecule has 134 valence electrons. The summed E-state index contributed by atoms with van der Waals surface area (Å²) in [5, 5.41) is 2.89. The van der Waals surface area contributed by atoms with Crippen molar-refractivity contribution in [2.45, 2.75) is 29.8 Å². The van der Waals surface area contributed by atoms with E-state index in [1.807, 2.05) is 0 Å². The van der Waals surface area contributed by atoms with E-state index in [1.54, 1.807) is 0 Å². The third-order valence-electron chi connectivity index (χ3n) is 3.80. The molecule has 0 amide bonds. The molecule has 1 aliphatic carbocycles. The summed E-state index contributed by atoms with van der Waals surface area (Å²) < 4.78 is 69.4. The predicted octanol–water partition coefficient (Wildman–Crippen LogP) is 3.86. The van der Waals surface area contributed by atoms with E-state index in [2.05, 4.69) is 5.16 Å². The molecular formula is C15H11ClF3NO4S. The largest absolute Gasteiger partial charge is 0.418 e. The van der Waals surface area contributed by atoms with Crippen LogP contribution in [0.2, 0.25) is 5.02 Å². The van der Waals surface area contributed by atoms with Gasteiger partial charge in [-0.05, 0) is 25.0 Å². The molecule has 0 spiro atoms. The summed E-state index contributed by atoms with van der Waals surface area (Å²) in [6.07, 6.45) is -1.95. The van der Waals surface area contributed by atoms with E-state index in [0.717, 1.165) is 31.2 Å². The number of halogens is 4. The number of carbonyl (C=O) groups is 1. The van der Waals surface area contributed by atoms with Gasteiger partial charge < -0.3 is 4.52 Å². The number of aromatic nitrogens is 1. The molecule has 3 rings (SSSR count). The van der Waals surface area contributed by atoms with Gasteiger partial charge in [-0.15, -0.1) is 0 Å².